The fourth-order valence-electron chi connectivity index (χ4n) is 3.49. The Kier molecular flexibility index (Phi) is 3.19. The van der Waals surface area contributed by atoms with E-state index >= 15 is 0 Å². The SMILES string of the molecule is C=C(C)C(=O)OCc1cc2c3c(ccc4c3c1C=CC4)CC=C2. The minimum atomic E-state index is -0.338. The van der Waals surface area contributed by atoms with Crippen LogP contribution in [0.3, 0.4) is 0 Å². The topological polar surface area (TPSA) is 26.3 Å². The molecule has 0 aromatic heterocycles. The van der Waals surface area contributed by atoms with Crippen LogP contribution in [0.2, 0.25) is 0 Å². The van der Waals surface area contributed by atoms with Crippen LogP contribution in [0.15, 0.2) is 42.5 Å². The Morgan fingerprint density at radius 1 is 1.13 bits per heavy atom. The van der Waals surface area contributed by atoms with Gasteiger partial charge in [-0.25, -0.2) is 4.79 Å². The summed E-state index contributed by atoms with van der Waals surface area (Å²) in [5.41, 5.74) is 6.64. The first kappa shape index (κ1) is 14.0. The maximum atomic E-state index is 11.7. The summed E-state index contributed by atoms with van der Waals surface area (Å²) in [5, 5.41) is 2.69. The first-order valence-electron chi connectivity index (χ1n) is 7.91. The zero-order valence-electron chi connectivity index (χ0n) is 13.2. The highest BCUT2D eigenvalue weighted by Gasteiger charge is 2.19. The van der Waals surface area contributed by atoms with E-state index in [9.17, 15) is 4.79 Å². The van der Waals surface area contributed by atoms with Crippen molar-refractivity contribution in [1.29, 1.82) is 0 Å². The summed E-state index contributed by atoms with van der Waals surface area (Å²) in [5.74, 6) is -0.338. The van der Waals surface area contributed by atoms with Crippen molar-refractivity contribution in [2.24, 2.45) is 0 Å². The van der Waals surface area contributed by atoms with Crippen molar-refractivity contribution < 1.29 is 9.53 Å². The van der Waals surface area contributed by atoms with Crippen LogP contribution in [0.5, 0.6) is 0 Å². The molecule has 0 fully saturated rings. The third kappa shape index (κ3) is 2.22. The van der Waals surface area contributed by atoms with Crippen LogP contribution in [-0.2, 0) is 29.0 Å². The van der Waals surface area contributed by atoms with Gasteiger partial charge >= 0.3 is 5.97 Å². The molecule has 0 saturated carbocycles. The molecule has 0 spiro atoms. The van der Waals surface area contributed by atoms with Crippen LogP contribution in [0.1, 0.15) is 34.7 Å². The van der Waals surface area contributed by atoms with Crippen molar-refractivity contribution >= 4 is 28.9 Å². The lowest BCUT2D eigenvalue weighted by Gasteiger charge is -2.22. The molecule has 2 aliphatic rings. The highest BCUT2D eigenvalue weighted by Crippen LogP contribution is 2.38. The minimum Gasteiger partial charge on any atom is -0.457 e. The molecule has 2 aromatic rings. The Labute approximate surface area is 135 Å². The highest BCUT2D eigenvalue weighted by atomic mass is 16.5. The van der Waals surface area contributed by atoms with Gasteiger partial charge in [0.1, 0.15) is 6.61 Å². The van der Waals surface area contributed by atoms with Crippen LogP contribution in [0.4, 0.5) is 0 Å². The van der Waals surface area contributed by atoms with Crippen molar-refractivity contribution in [2.75, 3.05) is 0 Å². The first-order chi connectivity index (χ1) is 11.1. The van der Waals surface area contributed by atoms with E-state index in [0.717, 1.165) is 18.4 Å². The van der Waals surface area contributed by atoms with Crippen LogP contribution in [0.25, 0.3) is 22.9 Å². The Balaban J connectivity index is 1.89. The lowest BCUT2D eigenvalue weighted by atomic mass is 9.83. The molecule has 0 N–H and O–H groups in total. The smallest absolute Gasteiger partial charge is 0.333 e. The average molecular weight is 302 g/mol. The second-order valence-corrected chi connectivity index (χ2v) is 6.24. The van der Waals surface area contributed by atoms with E-state index in [1.54, 1.807) is 6.92 Å². The molecule has 0 heterocycles. The molecule has 0 unspecified atom stereocenters. The van der Waals surface area contributed by atoms with E-state index in [0.29, 0.717) is 5.57 Å². The normalized spacial score (nSPS) is 14.1. The van der Waals surface area contributed by atoms with Crippen molar-refractivity contribution in [3.63, 3.8) is 0 Å². The van der Waals surface area contributed by atoms with Crippen molar-refractivity contribution in [3.05, 3.63) is 70.3 Å². The van der Waals surface area contributed by atoms with E-state index < -0.39 is 0 Å². The van der Waals surface area contributed by atoms with E-state index in [-0.39, 0.29) is 12.6 Å². The molecule has 0 bridgehead atoms. The number of hydrogen-bond donors (Lipinski definition) is 0. The molecule has 2 heteroatoms. The van der Waals surface area contributed by atoms with Gasteiger partial charge in [-0.05, 0) is 64.4 Å². The van der Waals surface area contributed by atoms with E-state index in [1.165, 1.54) is 33.0 Å². The molecule has 0 aliphatic heterocycles. The summed E-state index contributed by atoms with van der Waals surface area (Å²) in [4.78, 5) is 11.7. The summed E-state index contributed by atoms with van der Waals surface area (Å²) >= 11 is 0. The number of ether oxygens (including phenoxy) is 1. The third-order valence-corrected chi connectivity index (χ3v) is 4.58. The second-order valence-electron chi connectivity index (χ2n) is 6.24. The van der Waals surface area contributed by atoms with E-state index in [4.69, 9.17) is 4.74 Å². The minimum absolute atomic E-state index is 0.284. The lowest BCUT2D eigenvalue weighted by Crippen LogP contribution is -2.08. The second kappa shape index (κ2) is 5.24. The van der Waals surface area contributed by atoms with Gasteiger partial charge in [0.25, 0.3) is 0 Å². The molecule has 23 heavy (non-hydrogen) atoms. The molecule has 0 atom stereocenters. The van der Waals surface area contributed by atoms with Gasteiger partial charge in [-0.3, -0.25) is 0 Å². The largest absolute Gasteiger partial charge is 0.457 e. The summed E-state index contributed by atoms with van der Waals surface area (Å²) in [6, 6.07) is 6.63. The lowest BCUT2D eigenvalue weighted by molar-refractivity contribution is -0.140. The molecule has 2 nitrogen and oxygen atoms in total. The van der Waals surface area contributed by atoms with Gasteiger partial charge in [0.2, 0.25) is 0 Å². The zero-order chi connectivity index (χ0) is 16.0. The molecule has 114 valence electrons. The van der Waals surface area contributed by atoms with Gasteiger partial charge in [0.15, 0.2) is 0 Å². The Bertz CT molecular complexity index is 913. The number of carbonyl (C=O) groups excluding carboxylic acids is 1. The Morgan fingerprint density at radius 3 is 2.57 bits per heavy atom. The molecular formula is C21H18O2. The van der Waals surface area contributed by atoms with E-state index in [1.807, 2.05) is 0 Å². The van der Waals surface area contributed by atoms with Gasteiger partial charge in [-0.1, -0.05) is 43.0 Å². The van der Waals surface area contributed by atoms with Gasteiger partial charge in [0.05, 0.1) is 0 Å². The summed E-state index contributed by atoms with van der Waals surface area (Å²) in [6.07, 6.45) is 10.7. The monoisotopic (exact) mass is 302 g/mol. The van der Waals surface area contributed by atoms with Crippen LogP contribution in [0, 0.1) is 0 Å². The molecule has 0 amide bonds. The highest BCUT2D eigenvalue weighted by molar-refractivity contribution is 6.03. The summed E-state index contributed by atoms with van der Waals surface area (Å²) < 4.78 is 5.40. The zero-order valence-corrected chi connectivity index (χ0v) is 13.2. The fraction of sp³-hybridized carbons (Fsp3) is 0.190. The van der Waals surface area contributed by atoms with Crippen molar-refractivity contribution in [1.82, 2.24) is 0 Å². The van der Waals surface area contributed by atoms with Crippen molar-refractivity contribution in [3.8, 4) is 0 Å². The predicted octanol–water partition coefficient (Wildman–Crippen LogP) is 4.60. The maximum Gasteiger partial charge on any atom is 0.333 e. The molecule has 2 aromatic carbocycles. The van der Waals surface area contributed by atoms with Crippen molar-refractivity contribution in [2.45, 2.75) is 26.4 Å². The number of carbonyl (C=O) groups is 1. The first-order valence-corrected chi connectivity index (χ1v) is 7.91. The van der Waals surface area contributed by atoms with Gasteiger partial charge in [-0.2, -0.15) is 0 Å². The molecule has 0 radical (unpaired) electrons. The number of hydrogen-bond acceptors (Lipinski definition) is 2. The summed E-state index contributed by atoms with van der Waals surface area (Å²) in [7, 11) is 0. The number of benzene rings is 2. The third-order valence-electron chi connectivity index (χ3n) is 4.58. The molecule has 4 rings (SSSR count). The molecule has 0 saturated heterocycles. The van der Waals surface area contributed by atoms with Crippen LogP contribution in [-0.4, -0.2) is 5.97 Å². The number of allylic oxidation sites excluding steroid dienone is 2. The number of rotatable bonds is 3. The standard InChI is InChI=1S/C21H18O2/c1-13(2)21(22)23-12-17-11-16-7-3-5-14-9-10-15-6-4-8-18(17)20(15)19(14)16/h3-4,7-11H,1,5-6,12H2,2H3. The Hall–Kier alpha value is -2.61. The summed E-state index contributed by atoms with van der Waals surface area (Å²) in [6.45, 7) is 5.59. The van der Waals surface area contributed by atoms with Gasteiger partial charge < -0.3 is 4.74 Å². The predicted molar refractivity (Wildman–Crippen MR) is 94.0 cm³/mol. The quantitative estimate of drug-likeness (QED) is 0.612. The average Bonchev–Trinajstić information content (AvgIpc) is 2.57. The number of esters is 1. The van der Waals surface area contributed by atoms with E-state index in [2.05, 4.69) is 49.1 Å². The maximum absolute atomic E-state index is 11.7. The van der Waals surface area contributed by atoms with Gasteiger partial charge in [0, 0.05) is 5.57 Å². The molecule has 2 aliphatic carbocycles. The Morgan fingerprint density at radius 2 is 1.83 bits per heavy atom. The van der Waals surface area contributed by atoms with Gasteiger partial charge in [-0.15, -0.1) is 0 Å². The fourth-order valence-corrected chi connectivity index (χ4v) is 3.49. The van der Waals surface area contributed by atoms with Crippen LogP contribution < -0.4 is 0 Å². The molecular weight excluding hydrogens is 284 g/mol. The van der Waals surface area contributed by atoms with Crippen LogP contribution >= 0.6 is 0 Å².